The average Bonchev–Trinajstić information content (AvgIpc) is 2.53. The Hall–Kier alpha value is -1.06. The Morgan fingerprint density at radius 3 is 2.77 bits per heavy atom. The van der Waals surface area contributed by atoms with Crippen molar-refractivity contribution in [2.24, 2.45) is 5.92 Å². The van der Waals surface area contributed by atoms with E-state index >= 15 is 0 Å². The molecule has 0 amide bonds. The van der Waals surface area contributed by atoms with Gasteiger partial charge in [0.1, 0.15) is 0 Å². The first kappa shape index (κ1) is 8.53. The molecular weight excluding hydrogens is 164 g/mol. The largest absolute Gasteiger partial charge is 0.381 e. The van der Waals surface area contributed by atoms with Crippen molar-refractivity contribution in [2.45, 2.75) is 38.6 Å². The Morgan fingerprint density at radius 1 is 1.38 bits per heavy atom. The fraction of sp³-hybridized carbons (Fsp3) is 0.778. The van der Waals surface area contributed by atoms with E-state index in [1.807, 2.05) is 0 Å². The Bertz CT molecular complexity index is 262. The molecule has 1 fully saturated rings. The van der Waals surface area contributed by atoms with Gasteiger partial charge in [-0.3, -0.25) is 0 Å². The average molecular weight is 180 g/mol. The van der Waals surface area contributed by atoms with Gasteiger partial charge < -0.3 is 5.73 Å². The molecule has 4 heteroatoms. The van der Waals surface area contributed by atoms with Crippen LogP contribution in [0.1, 0.15) is 32.1 Å². The van der Waals surface area contributed by atoms with E-state index in [1.54, 1.807) is 11.0 Å². The topological polar surface area (TPSA) is 56.7 Å². The lowest BCUT2D eigenvalue weighted by Crippen LogP contribution is -2.16. The molecule has 13 heavy (non-hydrogen) atoms. The van der Waals surface area contributed by atoms with Crippen LogP contribution in [0.15, 0.2) is 6.20 Å². The Kier molecular flexibility index (Phi) is 2.47. The summed E-state index contributed by atoms with van der Waals surface area (Å²) in [4.78, 5) is 1.73. The molecule has 1 aliphatic rings. The van der Waals surface area contributed by atoms with E-state index in [1.165, 1.54) is 32.1 Å². The minimum Gasteiger partial charge on any atom is -0.381 e. The molecule has 1 aliphatic carbocycles. The van der Waals surface area contributed by atoms with Gasteiger partial charge in [0.25, 0.3) is 0 Å². The third-order valence-electron chi connectivity index (χ3n) is 2.70. The molecule has 1 saturated carbocycles. The summed E-state index contributed by atoms with van der Waals surface area (Å²) in [6.45, 7) is 0.942. The summed E-state index contributed by atoms with van der Waals surface area (Å²) in [5, 5.41) is 8.18. The van der Waals surface area contributed by atoms with E-state index in [9.17, 15) is 0 Å². The minimum atomic E-state index is 0.524. The normalized spacial score (nSPS) is 19.1. The van der Waals surface area contributed by atoms with Crippen LogP contribution < -0.4 is 5.73 Å². The Balaban J connectivity index is 1.89. The molecule has 0 bridgehead atoms. The summed E-state index contributed by atoms with van der Waals surface area (Å²) in [6.07, 6.45) is 8.37. The fourth-order valence-corrected chi connectivity index (χ4v) is 2.00. The van der Waals surface area contributed by atoms with Crippen molar-refractivity contribution in [2.75, 3.05) is 5.73 Å². The molecule has 0 aromatic carbocycles. The minimum absolute atomic E-state index is 0.524. The molecule has 0 spiro atoms. The molecule has 0 radical (unpaired) electrons. The van der Waals surface area contributed by atoms with Gasteiger partial charge in [-0.25, -0.2) is 0 Å². The number of nitrogens with two attached hydrogens (primary N) is 1. The second-order valence-corrected chi connectivity index (χ2v) is 3.83. The zero-order valence-corrected chi connectivity index (χ0v) is 7.82. The quantitative estimate of drug-likeness (QED) is 0.749. The first-order chi connectivity index (χ1) is 6.34. The number of nitrogen functional groups attached to an aromatic ring is 1. The Labute approximate surface area is 78.1 Å². The standard InChI is InChI=1S/C9H16N4/c10-9-6-11-13(12-9)7-8-4-2-1-3-5-8/h6,8H,1-5,7H2,(H2,10,12). The van der Waals surface area contributed by atoms with E-state index in [0.717, 1.165) is 12.5 Å². The number of anilines is 1. The lowest BCUT2D eigenvalue weighted by Gasteiger charge is -2.20. The van der Waals surface area contributed by atoms with Crippen molar-refractivity contribution in [3.8, 4) is 0 Å². The SMILES string of the molecule is Nc1cnn(CC2CCCCC2)n1. The van der Waals surface area contributed by atoms with Gasteiger partial charge in [0.2, 0.25) is 0 Å². The third-order valence-corrected chi connectivity index (χ3v) is 2.70. The van der Waals surface area contributed by atoms with Crippen LogP contribution in [0, 0.1) is 5.92 Å². The van der Waals surface area contributed by atoms with Crippen molar-refractivity contribution >= 4 is 5.82 Å². The zero-order chi connectivity index (χ0) is 9.10. The summed E-state index contributed by atoms with van der Waals surface area (Å²) in [6, 6.07) is 0. The van der Waals surface area contributed by atoms with Crippen LogP contribution in [-0.2, 0) is 6.54 Å². The molecule has 72 valence electrons. The van der Waals surface area contributed by atoms with E-state index in [2.05, 4.69) is 10.2 Å². The van der Waals surface area contributed by atoms with Gasteiger partial charge in [-0.15, -0.1) is 5.10 Å². The van der Waals surface area contributed by atoms with E-state index in [4.69, 9.17) is 5.73 Å². The third kappa shape index (κ3) is 2.20. The van der Waals surface area contributed by atoms with Gasteiger partial charge in [0, 0.05) is 0 Å². The van der Waals surface area contributed by atoms with Crippen LogP contribution in [0.4, 0.5) is 5.82 Å². The highest BCUT2D eigenvalue weighted by atomic mass is 15.5. The van der Waals surface area contributed by atoms with Crippen molar-refractivity contribution in [1.82, 2.24) is 15.0 Å². The highest BCUT2D eigenvalue weighted by molar-refractivity contribution is 5.19. The van der Waals surface area contributed by atoms with E-state index in [-0.39, 0.29) is 0 Å². The first-order valence-electron chi connectivity index (χ1n) is 5.00. The second kappa shape index (κ2) is 3.77. The van der Waals surface area contributed by atoms with Crippen molar-refractivity contribution in [1.29, 1.82) is 0 Å². The summed E-state index contributed by atoms with van der Waals surface area (Å²) in [5.41, 5.74) is 5.49. The molecule has 0 atom stereocenters. The first-order valence-corrected chi connectivity index (χ1v) is 5.00. The Morgan fingerprint density at radius 2 is 2.15 bits per heavy atom. The lowest BCUT2D eigenvalue weighted by molar-refractivity contribution is 0.294. The van der Waals surface area contributed by atoms with Gasteiger partial charge in [-0.2, -0.15) is 9.90 Å². The summed E-state index contributed by atoms with van der Waals surface area (Å²) in [5.74, 6) is 1.29. The molecule has 1 heterocycles. The van der Waals surface area contributed by atoms with Crippen LogP contribution >= 0.6 is 0 Å². The highest BCUT2D eigenvalue weighted by Crippen LogP contribution is 2.24. The predicted octanol–water partition coefficient (Wildman–Crippen LogP) is 1.44. The molecule has 2 N–H and O–H groups in total. The summed E-state index contributed by atoms with van der Waals surface area (Å²) < 4.78 is 0. The maximum absolute atomic E-state index is 5.49. The highest BCUT2D eigenvalue weighted by Gasteiger charge is 2.14. The van der Waals surface area contributed by atoms with Crippen LogP contribution in [0.25, 0.3) is 0 Å². The number of hydrogen-bond donors (Lipinski definition) is 1. The molecule has 2 rings (SSSR count). The summed E-state index contributed by atoms with van der Waals surface area (Å²) in [7, 11) is 0. The predicted molar refractivity (Wildman–Crippen MR) is 51.0 cm³/mol. The van der Waals surface area contributed by atoms with Crippen LogP contribution in [0.5, 0.6) is 0 Å². The molecule has 0 aliphatic heterocycles. The van der Waals surface area contributed by atoms with E-state index < -0.39 is 0 Å². The molecule has 0 unspecified atom stereocenters. The monoisotopic (exact) mass is 180 g/mol. The van der Waals surface area contributed by atoms with Crippen LogP contribution in [0.2, 0.25) is 0 Å². The maximum atomic E-state index is 5.49. The lowest BCUT2D eigenvalue weighted by atomic mass is 9.89. The van der Waals surface area contributed by atoms with Crippen molar-refractivity contribution in [3.05, 3.63) is 6.20 Å². The fourth-order valence-electron chi connectivity index (χ4n) is 2.00. The van der Waals surface area contributed by atoms with Crippen molar-refractivity contribution in [3.63, 3.8) is 0 Å². The zero-order valence-electron chi connectivity index (χ0n) is 7.82. The maximum Gasteiger partial charge on any atom is 0.165 e. The van der Waals surface area contributed by atoms with Crippen molar-refractivity contribution < 1.29 is 0 Å². The number of nitrogens with zero attached hydrogens (tertiary/aromatic N) is 3. The van der Waals surface area contributed by atoms with Gasteiger partial charge in [-0.1, -0.05) is 19.3 Å². The van der Waals surface area contributed by atoms with E-state index in [0.29, 0.717) is 5.82 Å². The van der Waals surface area contributed by atoms with Gasteiger partial charge in [0.15, 0.2) is 5.82 Å². The summed E-state index contributed by atoms with van der Waals surface area (Å²) >= 11 is 0. The number of hydrogen-bond acceptors (Lipinski definition) is 3. The molecule has 0 saturated heterocycles. The van der Waals surface area contributed by atoms with Gasteiger partial charge in [-0.05, 0) is 18.8 Å². The number of rotatable bonds is 2. The van der Waals surface area contributed by atoms with Crippen LogP contribution in [-0.4, -0.2) is 15.0 Å². The molecule has 4 nitrogen and oxygen atoms in total. The molecule has 1 aromatic rings. The van der Waals surface area contributed by atoms with Crippen LogP contribution in [0.3, 0.4) is 0 Å². The molecular formula is C9H16N4. The van der Waals surface area contributed by atoms with Gasteiger partial charge >= 0.3 is 0 Å². The smallest absolute Gasteiger partial charge is 0.165 e. The second-order valence-electron chi connectivity index (χ2n) is 3.83. The molecule has 1 aromatic heterocycles. The number of aromatic nitrogens is 3. The van der Waals surface area contributed by atoms with Gasteiger partial charge in [0.05, 0.1) is 12.7 Å².